The number of hydrogen-bond acceptors (Lipinski definition) is 4. The van der Waals surface area contributed by atoms with E-state index in [-0.39, 0.29) is 29.2 Å². The summed E-state index contributed by atoms with van der Waals surface area (Å²) in [6.45, 7) is 4.06. The summed E-state index contributed by atoms with van der Waals surface area (Å²) in [7, 11) is -3.55. The number of benzene rings is 1. The van der Waals surface area contributed by atoms with Gasteiger partial charge in [0.1, 0.15) is 0 Å². The lowest BCUT2D eigenvalue weighted by molar-refractivity contribution is -0.127. The highest BCUT2D eigenvalue weighted by molar-refractivity contribution is 7.89. The monoisotopic (exact) mass is 365 g/mol. The van der Waals surface area contributed by atoms with E-state index >= 15 is 0 Å². The molecule has 2 fully saturated rings. The molecule has 0 saturated carbocycles. The third kappa shape index (κ3) is 3.69. The van der Waals surface area contributed by atoms with Crippen LogP contribution in [0.25, 0.3) is 0 Å². The lowest BCUT2D eigenvalue weighted by Crippen LogP contribution is -2.37. The highest BCUT2D eigenvalue weighted by atomic mass is 32.2. The second kappa shape index (κ2) is 7.13. The van der Waals surface area contributed by atoms with Crippen molar-refractivity contribution >= 4 is 21.8 Å². The largest absolute Gasteiger partial charge is 0.347 e. The molecule has 0 unspecified atom stereocenters. The molecule has 7 nitrogen and oxygen atoms in total. The molecule has 1 N–H and O–H groups in total. The minimum absolute atomic E-state index is 0.0261. The SMILES string of the molecule is CCN1C[C@@H](NC(=O)c2cccc(S(=O)(=O)N3CCCC3)c2)CC1=O. The Labute approximate surface area is 148 Å². The fraction of sp³-hybridized carbons (Fsp3) is 0.529. The molecule has 2 amide bonds. The molecular formula is C17H23N3O4S. The maximum absolute atomic E-state index is 12.6. The smallest absolute Gasteiger partial charge is 0.251 e. The Bertz CT molecular complexity index is 772. The number of sulfonamides is 1. The average Bonchev–Trinajstić information content (AvgIpc) is 3.25. The van der Waals surface area contributed by atoms with Crippen molar-refractivity contribution < 1.29 is 18.0 Å². The second-order valence-corrected chi connectivity index (χ2v) is 8.38. The van der Waals surface area contributed by atoms with Gasteiger partial charge in [-0.05, 0) is 38.0 Å². The summed E-state index contributed by atoms with van der Waals surface area (Å²) in [6, 6.07) is 5.86. The molecular weight excluding hydrogens is 342 g/mol. The van der Waals surface area contributed by atoms with E-state index in [0.29, 0.717) is 31.7 Å². The van der Waals surface area contributed by atoms with Gasteiger partial charge in [0.15, 0.2) is 0 Å². The number of carbonyl (C=O) groups excluding carboxylic acids is 2. The van der Waals surface area contributed by atoms with E-state index in [4.69, 9.17) is 0 Å². The first-order chi connectivity index (χ1) is 11.9. The van der Waals surface area contributed by atoms with Crippen LogP contribution in [-0.2, 0) is 14.8 Å². The minimum atomic E-state index is -3.55. The predicted octanol–water partition coefficient (Wildman–Crippen LogP) is 0.822. The van der Waals surface area contributed by atoms with Gasteiger partial charge in [0.25, 0.3) is 5.91 Å². The van der Waals surface area contributed by atoms with Crippen LogP contribution in [0.2, 0.25) is 0 Å². The summed E-state index contributed by atoms with van der Waals surface area (Å²) < 4.78 is 26.7. The van der Waals surface area contributed by atoms with Gasteiger partial charge >= 0.3 is 0 Å². The van der Waals surface area contributed by atoms with E-state index < -0.39 is 10.0 Å². The number of nitrogens with zero attached hydrogens (tertiary/aromatic N) is 2. The van der Waals surface area contributed by atoms with Gasteiger partial charge in [-0.15, -0.1) is 0 Å². The minimum Gasteiger partial charge on any atom is -0.347 e. The van der Waals surface area contributed by atoms with E-state index in [9.17, 15) is 18.0 Å². The molecule has 1 atom stereocenters. The van der Waals surface area contributed by atoms with Gasteiger partial charge in [-0.1, -0.05) is 6.07 Å². The van der Waals surface area contributed by atoms with Gasteiger partial charge in [0.2, 0.25) is 15.9 Å². The highest BCUT2D eigenvalue weighted by Crippen LogP contribution is 2.21. The van der Waals surface area contributed by atoms with Crippen molar-refractivity contribution in [1.82, 2.24) is 14.5 Å². The van der Waals surface area contributed by atoms with E-state index in [1.54, 1.807) is 17.0 Å². The molecule has 2 aliphatic rings. The van der Waals surface area contributed by atoms with E-state index in [2.05, 4.69) is 5.32 Å². The molecule has 8 heteroatoms. The van der Waals surface area contributed by atoms with Crippen molar-refractivity contribution in [3.63, 3.8) is 0 Å². The van der Waals surface area contributed by atoms with E-state index in [0.717, 1.165) is 12.8 Å². The molecule has 3 rings (SSSR count). The average molecular weight is 365 g/mol. The van der Waals surface area contributed by atoms with Crippen molar-refractivity contribution in [2.24, 2.45) is 0 Å². The number of hydrogen-bond donors (Lipinski definition) is 1. The van der Waals surface area contributed by atoms with Crippen LogP contribution in [0.15, 0.2) is 29.2 Å². The summed E-state index contributed by atoms with van der Waals surface area (Å²) >= 11 is 0. The molecule has 1 aromatic rings. The third-order valence-corrected chi connectivity index (χ3v) is 6.63. The molecule has 0 aliphatic carbocycles. The van der Waals surface area contributed by atoms with Crippen molar-refractivity contribution in [3.05, 3.63) is 29.8 Å². The van der Waals surface area contributed by atoms with Crippen LogP contribution in [0.3, 0.4) is 0 Å². The first kappa shape index (κ1) is 17.9. The van der Waals surface area contributed by atoms with E-state index in [1.807, 2.05) is 6.92 Å². The molecule has 0 radical (unpaired) electrons. The van der Waals surface area contributed by atoms with E-state index in [1.165, 1.54) is 16.4 Å². The summed E-state index contributed by atoms with van der Waals surface area (Å²) in [5.41, 5.74) is 0.294. The van der Waals surface area contributed by atoms with Gasteiger partial charge in [-0.25, -0.2) is 8.42 Å². The number of amides is 2. The Balaban J connectivity index is 1.73. The molecule has 25 heavy (non-hydrogen) atoms. The van der Waals surface area contributed by atoms with Gasteiger partial charge < -0.3 is 10.2 Å². The first-order valence-electron chi connectivity index (χ1n) is 8.60. The molecule has 1 aromatic carbocycles. The Kier molecular flexibility index (Phi) is 5.10. The maximum atomic E-state index is 12.6. The molecule has 0 aromatic heterocycles. The zero-order valence-corrected chi connectivity index (χ0v) is 15.1. The Morgan fingerprint density at radius 3 is 2.64 bits per heavy atom. The number of nitrogens with one attached hydrogen (secondary N) is 1. The second-order valence-electron chi connectivity index (χ2n) is 6.45. The fourth-order valence-corrected chi connectivity index (χ4v) is 4.88. The van der Waals surface area contributed by atoms with Crippen molar-refractivity contribution in [3.8, 4) is 0 Å². The number of likely N-dealkylation sites (tertiary alicyclic amines) is 1. The normalized spacial score (nSPS) is 21.7. The molecule has 0 spiro atoms. The summed E-state index contributed by atoms with van der Waals surface area (Å²) in [5.74, 6) is -0.326. The summed E-state index contributed by atoms with van der Waals surface area (Å²) in [5, 5.41) is 2.83. The topological polar surface area (TPSA) is 86.8 Å². The van der Waals surface area contributed by atoms with Gasteiger partial charge in [0, 0.05) is 38.2 Å². The van der Waals surface area contributed by atoms with Crippen LogP contribution in [0, 0.1) is 0 Å². The van der Waals surface area contributed by atoms with Gasteiger partial charge in [0.05, 0.1) is 10.9 Å². The molecule has 0 bridgehead atoms. The van der Waals surface area contributed by atoms with Crippen LogP contribution in [0.5, 0.6) is 0 Å². The Morgan fingerprint density at radius 2 is 2.00 bits per heavy atom. The van der Waals surface area contributed by atoms with Gasteiger partial charge in [-0.2, -0.15) is 4.31 Å². The highest BCUT2D eigenvalue weighted by Gasteiger charge is 2.30. The molecule has 2 saturated heterocycles. The standard InChI is InChI=1S/C17H23N3O4S/c1-2-19-12-14(11-16(19)21)18-17(22)13-6-5-7-15(10-13)25(23,24)20-8-3-4-9-20/h5-7,10,14H,2-4,8-9,11-12H2,1H3,(H,18,22)/t14-/m0/s1. The first-order valence-corrected chi connectivity index (χ1v) is 10.0. The lowest BCUT2D eigenvalue weighted by atomic mass is 10.2. The third-order valence-electron chi connectivity index (χ3n) is 4.73. The predicted molar refractivity (Wildman–Crippen MR) is 92.6 cm³/mol. The zero-order chi connectivity index (χ0) is 18.0. The van der Waals surface area contributed by atoms with Crippen LogP contribution < -0.4 is 5.32 Å². The van der Waals surface area contributed by atoms with Gasteiger partial charge in [-0.3, -0.25) is 9.59 Å². The quantitative estimate of drug-likeness (QED) is 0.837. The van der Waals surface area contributed by atoms with Crippen molar-refractivity contribution in [1.29, 1.82) is 0 Å². The van der Waals surface area contributed by atoms with Crippen LogP contribution in [-0.4, -0.2) is 61.7 Å². The fourth-order valence-electron chi connectivity index (χ4n) is 3.32. The zero-order valence-electron chi connectivity index (χ0n) is 14.3. The Morgan fingerprint density at radius 1 is 1.28 bits per heavy atom. The number of likely N-dealkylation sites (N-methyl/N-ethyl adjacent to an activating group) is 1. The number of carbonyl (C=O) groups is 2. The van der Waals surface area contributed by atoms with Crippen LogP contribution >= 0.6 is 0 Å². The van der Waals surface area contributed by atoms with Crippen molar-refractivity contribution in [2.45, 2.75) is 37.1 Å². The number of rotatable bonds is 5. The Hall–Kier alpha value is -1.93. The molecule has 2 aliphatic heterocycles. The molecule has 2 heterocycles. The van der Waals surface area contributed by atoms with Crippen molar-refractivity contribution in [2.75, 3.05) is 26.2 Å². The molecule has 136 valence electrons. The van der Waals surface area contributed by atoms with Crippen LogP contribution in [0.4, 0.5) is 0 Å². The van der Waals surface area contributed by atoms with Crippen LogP contribution in [0.1, 0.15) is 36.5 Å². The summed E-state index contributed by atoms with van der Waals surface area (Å²) in [6.07, 6.45) is 2.01. The summed E-state index contributed by atoms with van der Waals surface area (Å²) in [4.78, 5) is 26.0. The lowest BCUT2D eigenvalue weighted by Gasteiger charge is -2.17. The maximum Gasteiger partial charge on any atom is 0.251 e.